The maximum atomic E-state index is 12.4. The van der Waals surface area contributed by atoms with Crippen molar-refractivity contribution in [2.24, 2.45) is 0 Å². The lowest BCUT2D eigenvalue weighted by molar-refractivity contribution is 0.369. The average Bonchev–Trinajstić information content (AvgIpc) is 2.52. The van der Waals surface area contributed by atoms with Gasteiger partial charge in [0.05, 0.1) is 5.25 Å². The third-order valence-corrected chi connectivity index (χ3v) is 6.14. The summed E-state index contributed by atoms with van der Waals surface area (Å²) < 4.78 is 12.4. The van der Waals surface area contributed by atoms with Gasteiger partial charge in [-0.1, -0.05) is 38.1 Å². The zero-order valence-corrected chi connectivity index (χ0v) is 11.9. The Bertz CT molecular complexity index is 483. The van der Waals surface area contributed by atoms with E-state index in [0.29, 0.717) is 0 Å². The fourth-order valence-corrected chi connectivity index (χ4v) is 5.31. The first kappa shape index (κ1) is 12.4. The largest absolute Gasteiger partial charge is 0.309 e. The van der Waals surface area contributed by atoms with Crippen LogP contribution in [0.1, 0.15) is 43.9 Å². The van der Waals surface area contributed by atoms with Gasteiger partial charge in [0.25, 0.3) is 0 Å². The Balaban J connectivity index is 2.11. The van der Waals surface area contributed by atoms with Crippen molar-refractivity contribution in [3.8, 4) is 0 Å². The molecule has 1 aromatic carbocycles. The Labute approximate surface area is 112 Å². The SMILES string of the molecule is CC1(C)CC2C(NCCCS2=O)c2ccccc21. The van der Waals surface area contributed by atoms with Crippen LogP contribution in [0.2, 0.25) is 0 Å². The smallest absolute Gasteiger partial charge is 0.0551 e. The number of hydrogen-bond acceptors (Lipinski definition) is 2. The van der Waals surface area contributed by atoms with Crippen LogP contribution in [0.3, 0.4) is 0 Å². The van der Waals surface area contributed by atoms with Crippen LogP contribution >= 0.6 is 0 Å². The Morgan fingerprint density at radius 3 is 2.94 bits per heavy atom. The fourth-order valence-electron chi connectivity index (χ4n) is 3.43. The van der Waals surface area contributed by atoms with Crippen molar-refractivity contribution in [2.45, 2.75) is 43.4 Å². The van der Waals surface area contributed by atoms with Crippen LogP contribution in [0.4, 0.5) is 0 Å². The average molecular weight is 263 g/mol. The molecule has 18 heavy (non-hydrogen) atoms. The fraction of sp³-hybridized carbons (Fsp3) is 0.600. The van der Waals surface area contributed by atoms with Gasteiger partial charge < -0.3 is 5.32 Å². The minimum Gasteiger partial charge on any atom is -0.309 e. The first-order valence-electron chi connectivity index (χ1n) is 6.79. The molecule has 1 fully saturated rings. The lowest BCUT2D eigenvalue weighted by Gasteiger charge is -2.41. The van der Waals surface area contributed by atoms with E-state index in [1.165, 1.54) is 11.1 Å². The molecule has 2 nitrogen and oxygen atoms in total. The minimum absolute atomic E-state index is 0.138. The van der Waals surface area contributed by atoms with E-state index in [2.05, 4.69) is 43.4 Å². The summed E-state index contributed by atoms with van der Waals surface area (Å²) in [5.74, 6) is 0.854. The van der Waals surface area contributed by atoms with Gasteiger partial charge >= 0.3 is 0 Å². The molecule has 0 spiro atoms. The molecule has 3 heteroatoms. The van der Waals surface area contributed by atoms with E-state index >= 15 is 0 Å². The van der Waals surface area contributed by atoms with E-state index in [1.807, 2.05) is 0 Å². The Morgan fingerprint density at radius 1 is 1.33 bits per heavy atom. The second kappa shape index (κ2) is 4.46. The van der Waals surface area contributed by atoms with Crippen LogP contribution in [0.15, 0.2) is 24.3 Å². The molecule has 1 N–H and O–H groups in total. The van der Waals surface area contributed by atoms with Crippen LogP contribution < -0.4 is 5.32 Å². The number of fused-ring (bicyclic) bond motifs is 3. The summed E-state index contributed by atoms with van der Waals surface area (Å²) in [7, 11) is -0.690. The summed E-state index contributed by atoms with van der Waals surface area (Å²) in [6.45, 7) is 5.55. The summed E-state index contributed by atoms with van der Waals surface area (Å²) in [4.78, 5) is 0. The van der Waals surface area contributed by atoms with Gasteiger partial charge in [0.15, 0.2) is 0 Å². The van der Waals surface area contributed by atoms with Gasteiger partial charge in [0, 0.05) is 22.6 Å². The van der Waals surface area contributed by atoms with Gasteiger partial charge in [-0.3, -0.25) is 4.21 Å². The molecular formula is C15H21NOS. The maximum absolute atomic E-state index is 12.4. The lowest BCUT2D eigenvalue weighted by atomic mass is 9.70. The van der Waals surface area contributed by atoms with E-state index in [4.69, 9.17) is 0 Å². The summed E-state index contributed by atoms with van der Waals surface area (Å²) in [5, 5.41) is 3.89. The maximum Gasteiger partial charge on any atom is 0.0551 e. The molecule has 1 saturated heterocycles. The van der Waals surface area contributed by atoms with E-state index in [1.54, 1.807) is 0 Å². The van der Waals surface area contributed by atoms with Crippen LogP contribution in [-0.2, 0) is 16.2 Å². The van der Waals surface area contributed by atoms with Gasteiger partial charge in [-0.25, -0.2) is 0 Å². The second-order valence-electron chi connectivity index (χ2n) is 6.08. The molecule has 1 aliphatic heterocycles. The quantitative estimate of drug-likeness (QED) is 0.779. The first-order chi connectivity index (χ1) is 8.59. The number of nitrogens with one attached hydrogen (secondary N) is 1. The molecule has 1 aromatic rings. The molecule has 1 heterocycles. The molecular weight excluding hydrogens is 242 g/mol. The van der Waals surface area contributed by atoms with E-state index in [0.717, 1.165) is 25.1 Å². The first-order valence-corrected chi connectivity index (χ1v) is 8.18. The van der Waals surface area contributed by atoms with Crippen molar-refractivity contribution in [1.29, 1.82) is 0 Å². The molecule has 3 rings (SSSR count). The second-order valence-corrected chi connectivity index (χ2v) is 7.86. The van der Waals surface area contributed by atoms with Gasteiger partial charge in [-0.15, -0.1) is 0 Å². The number of benzene rings is 1. The van der Waals surface area contributed by atoms with E-state index in [9.17, 15) is 4.21 Å². The monoisotopic (exact) mass is 263 g/mol. The standard InChI is InChI=1S/C15H21NOS/c1-15(2)10-13-14(16-8-5-9-18(13)17)11-6-3-4-7-12(11)15/h3-4,6-7,13-14,16H,5,8-10H2,1-2H3. The van der Waals surface area contributed by atoms with Crippen molar-refractivity contribution in [3.63, 3.8) is 0 Å². The molecule has 0 aromatic heterocycles. The predicted molar refractivity (Wildman–Crippen MR) is 76.2 cm³/mol. The normalized spacial score (nSPS) is 34.2. The third-order valence-electron chi connectivity index (χ3n) is 4.33. The van der Waals surface area contributed by atoms with Crippen LogP contribution in [0.25, 0.3) is 0 Å². The van der Waals surface area contributed by atoms with Crippen molar-refractivity contribution in [1.82, 2.24) is 5.32 Å². The third kappa shape index (κ3) is 1.94. The molecule has 0 bridgehead atoms. The highest BCUT2D eigenvalue weighted by atomic mass is 32.2. The van der Waals surface area contributed by atoms with E-state index in [-0.39, 0.29) is 16.7 Å². The highest BCUT2D eigenvalue weighted by molar-refractivity contribution is 7.85. The van der Waals surface area contributed by atoms with Crippen molar-refractivity contribution in [2.75, 3.05) is 12.3 Å². The molecule has 2 aliphatic rings. The van der Waals surface area contributed by atoms with E-state index < -0.39 is 10.8 Å². The van der Waals surface area contributed by atoms with Crippen LogP contribution in [0.5, 0.6) is 0 Å². The Hall–Kier alpha value is -0.670. The molecule has 3 unspecified atom stereocenters. The molecule has 98 valence electrons. The van der Waals surface area contributed by atoms with Crippen LogP contribution in [-0.4, -0.2) is 21.8 Å². The number of rotatable bonds is 0. The Kier molecular flexibility index (Phi) is 3.07. The summed E-state index contributed by atoms with van der Waals surface area (Å²) in [5.41, 5.74) is 2.94. The highest BCUT2D eigenvalue weighted by Gasteiger charge is 2.42. The lowest BCUT2D eigenvalue weighted by Crippen LogP contribution is -2.43. The van der Waals surface area contributed by atoms with Crippen molar-refractivity contribution >= 4 is 10.8 Å². The zero-order chi connectivity index (χ0) is 12.8. The summed E-state index contributed by atoms with van der Waals surface area (Å²) in [6, 6.07) is 8.96. The zero-order valence-electron chi connectivity index (χ0n) is 11.1. The van der Waals surface area contributed by atoms with Gasteiger partial charge in [0.1, 0.15) is 0 Å². The van der Waals surface area contributed by atoms with Crippen molar-refractivity contribution < 1.29 is 4.21 Å². The molecule has 1 aliphatic carbocycles. The van der Waals surface area contributed by atoms with Gasteiger partial charge in [-0.05, 0) is 35.9 Å². The topological polar surface area (TPSA) is 29.1 Å². The van der Waals surface area contributed by atoms with Gasteiger partial charge in [0.2, 0.25) is 0 Å². The molecule has 3 atom stereocenters. The molecule has 0 radical (unpaired) electrons. The predicted octanol–water partition coefficient (Wildman–Crippen LogP) is 2.52. The summed E-state index contributed by atoms with van der Waals surface area (Å²) in [6.07, 6.45) is 2.05. The summed E-state index contributed by atoms with van der Waals surface area (Å²) >= 11 is 0. The van der Waals surface area contributed by atoms with Crippen LogP contribution in [0, 0.1) is 0 Å². The Morgan fingerprint density at radius 2 is 2.11 bits per heavy atom. The number of hydrogen-bond donors (Lipinski definition) is 1. The highest BCUT2D eigenvalue weighted by Crippen LogP contribution is 2.44. The van der Waals surface area contributed by atoms with Gasteiger partial charge in [-0.2, -0.15) is 0 Å². The minimum atomic E-state index is -0.690. The molecule has 0 saturated carbocycles. The molecule has 0 amide bonds. The van der Waals surface area contributed by atoms with Crippen molar-refractivity contribution in [3.05, 3.63) is 35.4 Å².